The zero-order valence-corrected chi connectivity index (χ0v) is 16.4. The van der Waals surface area contributed by atoms with Gasteiger partial charge in [-0.05, 0) is 51.1 Å². The zero-order chi connectivity index (χ0) is 20.3. The quantitative estimate of drug-likeness (QED) is 0.688. The number of nitrogens with one attached hydrogen (secondary N) is 2. The fourth-order valence-corrected chi connectivity index (χ4v) is 3.00. The van der Waals surface area contributed by atoms with E-state index >= 15 is 0 Å². The molecular formula is C21H24N4O3. The summed E-state index contributed by atoms with van der Waals surface area (Å²) in [5.41, 5.74) is 3.38. The van der Waals surface area contributed by atoms with E-state index in [9.17, 15) is 9.59 Å². The molecule has 3 aromatic rings. The molecule has 28 heavy (non-hydrogen) atoms. The average molecular weight is 380 g/mol. The Labute approximate surface area is 163 Å². The van der Waals surface area contributed by atoms with Crippen molar-refractivity contribution in [1.82, 2.24) is 20.4 Å². The normalized spacial score (nSPS) is 11.9. The molecule has 2 heterocycles. The minimum Gasteiger partial charge on any atom is -0.451 e. The molecule has 0 aliphatic rings. The maximum Gasteiger partial charge on any atom is 0.286 e. The predicted octanol–water partition coefficient (Wildman–Crippen LogP) is 2.94. The molecular weight excluding hydrogens is 356 g/mol. The van der Waals surface area contributed by atoms with Crippen LogP contribution in [-0.2, 0) is 6.54 Å². The molecule has 0 fully saturated rings. The lowest BCUT2D eigenvalue weighted by Crippen LogP contribution is -2.36. The number of benzene rings is 1. The first kappa shape index (κ1) is 19.4. The number of nitrogens with zero attached hydrogens (tertiary/aromatic N) is 2. The highest BCUT2D eigenvalue weighted by atomic mass is 16.3. The van der Waals surface area contributed by atoms with Crippen LogP contribution in [0.25, 0.3) is 11.3 Å². The number of carbonyl (C=O) groups is 2. The number of furan rings is 1. The highest BCUT2D eigenvalue weighted by Gasteiger charge is 2.14. The van der Waals surface area contributed by atoms with Crippen molar-refractivity contribution in [3.63, 3.8) is 0 Å². The van der Waals surface area contributed by atoms with Crippen LogP contribution >= 0.6 is 0 Å². The Morgan fingerprint density at radius 2 is 1.82 bits per heavy atom. The molecule has 0 aliphatic heterocycles. The smallest absolute Gasteiger partial charge is 0.286 e. The Bertz CT molecular complexity index is 986. The van der Waals surface area contributed by atoms with Gasteiger partial charge in [-0.25, -0.2) is 0 Å². The van der Waals surface area contributed by atoms with Gasteiger partial charge in [-0.1, -0.05) is 12.1 Å². The molecule has 0 saturated heterocycles. The number of hydrogen-bond acceptors (Lipinski definition) is 4. The summed E-state index contributed by atoms with van der Waals surface area (Å²) in [4.78, 5) is 24.1. The number of aromatic nitrogens is 2. The van der Waals surface area contributed by atoms with Crippen molar-refractivity contribution < 1.29 is 14.0 Å². The van der Waals surface area contributed by atoms with Crippen molar-refractivity contribution >= 4 is 11.8 Å². The summed E-state index contributed by atoms with van der Waals surface area (Å²) < 4.78 is 7.44. The van der Waals surface area contributed by atoms with Crippen molar-refractivity contribution in [1.29, 1.82) is 0 Å². The lowest BCUT2D eigenvalue weighted by molar-refractivity contribution is 0.0928. The van der Waals surface area contributed by atoms with Crippen LogP contribution in [0.1, 0.15) is 39.2 Å². The molecule has 1 aromatic carbocycles. The maximum atomic E-state index is 12.5. The van der Waals surface area contributed by atoms with Gasteiger partial charge in [-0.3, -0.25) is 14.3 Å². The maximum absolute atomic E-state index is 12.5. The summed E-state index contributed by atoms with van der Waals surface area (Å²) in [6.07, 6.45) is 0. The van der Waals surface area contributed by atoms with Gasteiger partial charge in [0.25, 0.3) is 11.8 Å². The summed E-state index contributed by atoms with van der Waals surface area (Å²) >= 11 is 0. The largest absolute Gasteiger partial charge is 0.451 e. The highest BCUT2D eigenvalue weighted by molar-refractivity contribution is 5.95. The van der Waals surface area contributed by atoms with Gasteiger partial charge in [0.05, 0.1) is 12.2 Å². The molecule has 0 aliphatic carbocycles. The zero-order valence-electron chi connectivity index (χ0n) is 16.4. The van der Waals surface area contributed by atoms with Gasteiger partial charge in [0.15, 0.2) is 5.76 Å². The number of carbonyl (C=O) groups excluding carboxylic acids is 2. The molecule has 0 spiro atoms. The third-order valence-electron chi connectivity index (χ3n) is 4.42. The number of rotatable bonds is 6. The SMILES string of the molecule is CNC(=O)c1ccc(-c2ccc(C(=O)N[C@@H](C)Cn3nc(C)cc3C)cc2)o1. The topological polar surface area (TPSA) is 89.2 Å². The Morgan fingerprint density at radius 1 is 1.11 bits per heavy atom. The van der Waals surface area contributed by atoms with Gasteiger partial charge in [-0.15, -0.1) is 0 Å². The van der Waals surface area contributed by atoms with Gasteiger partial charge < -0.3 is 15.1 Å². The second-order valence-corrected chi connectivity index (χ2v) is 6.80. The minimum atomic E-state index is -0.279. The minimum absolute atomic E-state index is 0.0645. The second-order valence-electron chi connectivity index (χ2n) is 6.80. The van der Waals surface area contributed by atoms with Crippen molar-refractivity contribution in [2.24, 2.45) is 0 Å². The fourth-order valence-electron chi connectivity index (χ4n) is 3.00. The predicted molar refractivity (Wildman–Crippen MR) is 106 cm³/mol. The number of aryl methyl sites for hydroxylation is 2. The first-order valence-electron chi connectivity index (χ1n) is 9.11. The molecule has 146 valence electrons. The van der Waals surface area contributed by atoms with E-state index in [0.29, 0.717) is 17.9 Å². The summed E-state index contributed by atoms with van der Waals surface area (Å²) in [6.45, 7) is 6.51. The fraction of sp³-hybridized carbons (Fsp3) is 0.286. The van der Waals surface area contributed by atoms with Gasteiger partial charge in [0.2, 0.25) is 0 Å². The number of amides is 2. The first-order valence-corrected chi connectivity index (χ1v) is 9.11. The Kier molecular flexibility index (Phi) is 5.63. The molecule has 2 N–H and O–H groups in total. The molecule has 0 saturated carbocycles. The van der Waals surface area contributed by atoms with Gasteiger partial charge in [0.1, 0.15) is 5.76 Å². The Morgan fingerprint density at radius 3 is 2.43 bits per heavy atom. The third-order valence-corrected chi connectivity index (χ3v) is 4.42. The van der Waals surface area contributed by atoms with E-state index in [1.165, 1.54) is 0 Å². The first-order chi connectivity index (χ1) is 13.4. The number of hydrogen-bond donors (Lipinski definition) is 2. The lowest BCUT2D eigenvalue weighted by atomic mass is 10.1. The third kappa shape index (κ3) is 4.31. The molecule has 0 unspecified atom stereocenters. The van der Waals surface area contributed by atoms with E-state index in [1.54, 1.807) is 43.4 Å². The second kappa shape index (κ2) is 8.12. The average Bonchev–Trinajstić information content (AvgIpc) is 3.28. The van der Waals surface area contributed by atoms with Crippen molar-refractivity contribution in [2.75, 3.05) is 7.05 Å². The van der Waals surface area contributed by atoms with E-state index in [2.05, 4.69) is 15.7 Å². The van der Waals surface area contributed by atoms with Gasteiger partial charge in [0, 0.05) is 29.9 Å². The van der Waals surface area contributed by atoms with Crippen LogP contribution in [0, 0.1) is 13.8 Å². The standard InChI is InChI=1S/C21H24N4O3/c1-13-11-15(3)25(24-13)12-14(2)23-20(26)17-7-5-16(6-8-17)18-9-10-19(28-18)21(27)22-4/h5-11,14H,12H2,1-4H3,(H,22,27)(H,23,26)/t14-/m0/s1. The van der Waals surface area contributed by atoms with Gasteiger partial charge >= 0.3 is 0 Å². The van der Waals surface area contributed by atoms with E-state index in [4.69, 9.17) is 4.42 Å². The summed E-state index contributed by atoms with van der Waals surface area (Å²) in [6, 6.07) is 12.4. The van der Waals surface area contributed by atoms with Crippen LogP contribution in [0.4, 0.5) is 0 Å². The lowest BCUT2D eigenvalue weighted by Gasteiger charge is -2.15. The van der Waals surface area contributed by atoms with E-state index in [1.807, 2.05) is 31.5 Å². The molecule has 7 nitrogen and oxygen atoms in total. The van der Waals surface area contributed by atoms with Crippen LogP contribution in [0.2, 0.25) is 0 Å². The highest BCUT2D eigenvalue weighted by Crippen LogP contribution is 2.22. The monoisotopic (exact) mass is 380 g/mol. The summed E-state index contributed by atoms with van der Waals surface area (Å²) in [5, 5.41) is 9.93. The van der Waals surface area contributed by atoms with E-state index in [-0.39, 0.29) is 23.6 Å². The molecule has 2 aromatic heterocycles. The molecule has 1 atom stereocenters. The van der Waals surface area contributed by atoms with E-state index in [0.717, 1.165) is 17.0 Å². The Balaban J connectivity index is 1.64. The molecule has 3 rings (SSSR count). The van der Waals surface area contributed by atoms with Gasteiger partial charge in [-0.2, -0.15) is 5.10 Å². The summed E-state index contributed by atoms with van der Waals surface area (Å²) in [7, 11) is 1.55. The van der Waals surface area contributed by atoms with E-state index < -0.39 is 0 Å². The van der Waals surface area contributed by atoms with Crippen LogP contribution in [0.5, 0.6) is 0 Å². The van der Waals surface area contributed by atoms with Crippen molar-refractivity contribution in [2.45, 2.75) is 33.4 Å². The van der Waals surface area contributed by atoms with Crippen molar-refractivity contribution in [3.8, 4) is 11.3 Å². The Hall–Kier alpha value is -3.35. The molecule has 0 bridgehead atoms. The van der Waals surface area contributed by atoms with Crippen LogP contribution < -0.4 is 10.6 Å². The van der Waals surface area contributed by atoms with Crippen LogP contribution in [0.3, 0.4) is 0 Å². The van der Waals surface area contributed by atoms with Crippen molar-refractivity contribution in [3.05, 3.63) is 65.2 Å². The molecule has 0 radical (unpaired) electrons. The molecule has 2 amide bonds. The molecule has 7 heteroatoms. The van der Waals surface area contributed by atoms with Crippen LogP contribution in [-0.4, -0.2) is 34.7 Å². The van der Waals surface area contributed by atoms with Crippen LogP contribution in [0.15, 0.2) is 46.9 Å². The summed E-state index contributed by atoms with van der Waals surface area (Å²) in [5.74, 6) is 0.394.